The first kappa shape index (κ1) is 26.3. The van der Waals surface area contributed by atoms with E-state index in [1.165, 1.54) is 11.1 Å². The zero-order valence-corrected chi connectivity index (χ0v) is 21.3. The Morgan fingerprint density at radius 2 is 1.57 bits per heavy atom. The van der Waals surface area contributed by atoms with Gasteiger partial charge in [-0.25, -0.2) is 0 Å². The largest absolute Gasteiger partial charge is 0.493 e. The molecule has 1 aliphatic carbocycles. The minimum Gasteiger partial charge on any atom is -0.493 e. The van der Waals surface area contributed by atoms with Crippen molar-refractivity contribution in [3.8, 4) is 23.0 Å². The molecule has 3 rings (SSSR count). The van der Waals surface area contributed by atoms with Crippen LogP contribution in [0.4, 0.5) is 0 Å². The summed E-state index contributed by atoms with van der Waals surface area (Å²) >= 11 is 0. The number of hydrogen-bond acceptors (Lipinski definition) is 7. The molecule has 2 aromatic carbocycles. The highest BCUT2D eigenvalue weighted by atomic mass is 16.5. The first-order valence-electron chi connectivity index (χ1n) is 11.8. The molecule has 0 unspecified atom stereocenters. The number of methoxy groups -OCH3 is 4. The Morgan fingerprint density at radius 1 is 0.914 bits per heavy atom. The smallest absolute Gasteiger partial charge is 0.286 e. The third-order valence-electron chi connectivity index (χ3n) is 6.58. The zero-order valence-electron chi connectivity index (χ0n) is 21.3. The van der Waals surface area contributed by atoms with E-state index in [1.807, 2.05) is 18.2 Å². The van der Waals surface area contributed by atoms with Crippen LogP contribution < -0.4 is 18.9 Å². The second-order valence-corrected chi connectivity index (χ2v) is 8.81. The number of hydrogen-bond donors (Lipinski definition) is 0. The van der Waals surface area contributed by atoms with Crippen molar-refractivity contribution in [3.05, 3.63) is 47.0 Å². The van der Waals surface area contributed by atoms with Gasteiger partial charge in [0, 0.05) is 25.6 Å². The molecular weight excluding hydrogens is 448 g/mol. The number of fused-ring (bicyclic) bond motifs is 1. The molecular formula is C27H36N2O6. The third-order valence-corrected chi connectivity index (χ3v) is 6.58. The van der Waals surface area contributed by atoms with Crippen LogP contribution in [0.5, 0.6) is 23.0 Å². The molecule has 0 aliphatic heterocycles. The maximum absolute atomic E-state index is 12.2. The Balaban J connectivity index is 1.49. The predicted octanol–water partition coefficient (Wildman–Crippen LogP) is 2.95. The Labute approximate surface area is 207 Å². The average Bonchev–Trinajstić information content (AvgIpc) is 2.88. The minimum absolute atomic E-state index is 0.394. The lowest BCUT2D eigenvalue weighted by Gasteiger charge is -2.34. The van der Waals surface area contributed by atoms with Gasteiger partial charge in [0.15, 0.2) is 23.0 Å². The van der Waals surface area contributed by atoms with Gasteiger partial charge in [-0.05, 0) is 73.8 Å². The monoisotopic (exact) mass is 484 g/mol. The molecule has 190 valence electrons. The normalized spacial score (nSPS) is 14.1. The predicted molar refractivity (Wildman–Crippen MR) is 134 cm³/mol. The van der Waals surface area contributed by atoms with Gasteiger partial charge in [-0.1, -0.05) is 6.07 Å². The van der Waals surface area contributed by atoms with Crippen LogP contribution in [-0.2, 0) is 22.4 Å². The van der Waals surface area contributed by atoms with E-state index in [0.717, 1.165) is 43.0 Å². The molecule has 0 bridgehead atoms. The van der Waals surface area contributed by atoms with Gasteiger partial charge >= 0.3 is 0 Å². The Bertz CT molecular complexity index is 1020. The summed E-state index contributed by atoms with van der Waals surface area (Å²) in [5, 5.41) is 0. The summed E-state index contributed by atoms with van der Waals surface area (Å²) in [6.45, 7) is 2.75. The van der Waals surface area contributed by atoms with Crippen molar-refractivity contribution < 1.29 is 28.5 Å². The van der Waals surface area contributed by atoms with Gasteiger partial charge in [0.05, 0.1) is 28.4 Å². The molecule has 35 heavy (non-hydrogen) atoms. The number of likely N-dealkylation sites (N-methyl/N-ethyl adjacent to an activating group) is 1. The van der Waals surface area contributed by atoms with Crippen LogP contribution in [0.3, 0.4) is 0 Å². The van der Waals surface area contributed by atoms with Crippen LogP contribution in [0.2, 0.25) is 0 Å². The van der Waals surface area contributed by atoms with Gasteiger partial charge in [0.1, 0.15) is 0 Å². The molecule has 0 heterocycles. The Kier molecular flexibility index (Phi) is 9.37. The number of aldehydes is 1. The number of nitrogens with zero attached hydrogens (tertiary/aromatic N) is 2. The van der Waals surface area contributed by atoms with Crippen LogP contribution in [0, 0.1) is 0 Å². The maximum atomic E-state index is 12.2. The second kappa shape index (κ2) is 12.4. The minimum atomic E-state index is -0.484. The lowest BCUT2D eigenvalue weighted by Crippen LogP contribution is -2.37. The van der Waals surface area contributed by atoms with E-state index in [0.29, 0.717) is 43.2 Å². The molecule has 1 aliphatic rings. The number of rotatable bonds is 14. The van der Waals surface area contributed by atoms with Gasteiger partial charge in [-0.2, -0.15) is 0 Å². The average molecular weight is 485 g/mol. The van der Waals surface area contributed by atoms with Gasteiger partial charge in [0.2, 0.25) is 6.29 Å². The molecule has 0 saturated carbocycles. The Morgan fingerprint density at radius 3 is 2.23 bits per heavy atom. The summed E-state index contributed by atoms with van der Waals surface area (Å²) in [5.74, 6) is 2.80. The topological polar surface area (TPSA) is 77.5 Å². The van der Waals surface area contributed by atoms with Crippen molar-refractivity contribution in [1.82, 2.24) is 9.80 Å². The first-order valence-corrected chi connectivity index (χ1v) is 11.8. The number of ether oxygens (including phenoxy) is 4. The van der Waals surface area contributed by atoms with Crippen molar-refractivity contribution in [3.63, 3.8) is 0 Å². The molecule has 0 radical (unpaired) electrons. The van der Waals surface area contributed by atoms with E-state index in [-0.39, 0.29) is 0 Å². The van der Waals surface area contributed by atoms with Gasteiger partial charge in [-0.3, -0.25) is 9.59 Å². The van der Waals surface area contributed by atoms with Crippen molar-refractivity contribution in [2.24, 2.45) is 0 Å². The molecule has 2 aromatic rings. The number of amides is 1. The lowest BCUT2D eigenvalue weighted by molar-refractivity contribution is -0.138. The summed E-state index contributed by atoms with van der Waals surface area (Å²) in [7, 11) is 8.59. The molecule has 0 saturated heterocycles. The van der Waals surface area contributed by atoms with E-state index >= 15 is 0 Å². The summed E-state index contributed by atoms with van der Waals surface area (Å²) in [6.07, 6.45) is 2.82. The molecule has 1 atom stereocenters. The second-order valence-electron chi connectivity index (χ2n) is 8.81. The standard InChI is InChI=1S/C27H36N2O6/c1-28(17-21-14-20-15-25(34-4)26(35-5)16-22(20)21)10-6-11-29(27(31)18-30)12-9-19-7-8-23(32-2)24(13-19)33-3/h7-8,13,15-16,18,21H,6,9-12,14,17H2,1-5H3/t21-/m1/s1. The fourth-order valence-electron chi connectivity index (χ4n) is 4.61. The summed E-state index contributed by atoms with van der Waals surface area (Å²) in [6, 6.07) is 9.83. The van der Waals surface area contributed by atoms with Crippen molar-refractivity contribution >= 4 is 12.2 Å². The van der Waals surface area contributed by atoms with Crippen molar-refractivity contribution in [1.29, 1.82) is 0 Å². The van der Waals surface area contributed by atoms with Crippen LogP contribution in [-0.4, -0.2) is 83.7 Å². The molecule has 8 nitrogen and oxygen atoms in total. The Hall–Kier alpha value is -3.26. The summed E-state index contributed by atoms with van der Waals surface area (Å²) in [5.41, 5.74) is 3.63. The van der Waals surface area contributed by atoms with Crippen molar-refractivity contribution in [2.45, 2.75) is 25.2 Å². The summed E-state index contributed by atoms with van der Waals surface area (Å²) in [4.78, 5) is 27.3. The molecule has 0 aromatic heterocycles. The quantitative estimate of drug-likeness (QED) is 0.301. The highest BCUT2D eigenvalue weighted by molar-refractivity contribution is 6.23. The van der Waals surface area contributed by atoms with Gasteiger partial charge < -0.3 is 28.7 Å². The lowest BCUT2D eigenvalue weighted by atomic mass is 9.77. The van der Waals surface area contributed by atoms with E-state index in [2.05, 4.69) is 24.1 Å². The fraction of sp³-hybridized carbons (Fsp3) is 0.481. The van der Waals surface area contributed by atoms with Crippen LogP contribution in [0.25, 0.3) is 0 Å². The van der Waals surface area contributed by atoms with E-state index in [9.17, 15) is 9.59 Å². The van der Waals surface area contributed by atoms with E-state index < -0.39 is 5.91 Å². The van der Waals surface area contributed by atoms with Crippen LogP contribution in [0.15, 0.2) is 30.3 Å². The van der Waals surface area contributed by atoms with Crippen LogP contribution in [0.1, 0.15) is 29.0 Å². The highest BCUT2D eigenvalue weighted by Gasteiger charge is 2.29. The number of carbonyl (C=O) groups excluding carboxylic acids is 2. The molecule has 1 amide bonds. The van der Waals surface area contributed by atoms with Gasteiger partial charge in [0.25, 0.3) is 5.91 Å². The van der Waals surface area contributed by atoms with E-state index in [4.69, 9.17) is 18.9 Å². The highest BCUT2D eigenvalue weighted by Crippen LogP contribution is 2.42. The molecule has 0 fully saturated rings. The fourth-order valence-corrected chi connectivity index (χ4v) is 4.61. The molecule has 8 heteroatoms. The molecule has 0 N–H and O–H groups in total. The van der Waals surface area contributed by atoms with Crippen molar-refractivity contribution in [2.75, 3.05) is 61.7 Å². The maximum Gasteiger partial charge on any atom is 0.286 e. The first-order chi connectivity index (χ1) is 16.9. The van der Waals surface area contributed by atoms with E-state index in [1.54, 1.807) is 33.3 Å². The third kappa shape index (κ3) is 6.45. The zero-order chi connectivity index (χ0) is 25.4. The number of carbonyl (C=O) groups is 2. The number of benzene rings is 2. The van der Waals surface area contributed by atoms with Crippen LogP contribution >= 0.6 is 0 Å². The molecule has 0 spiro atoms. The summed E-state index contributed by atoms with van der Waals surface area (Å²) < 4.78 is 21.5. The SMILES string of the molecule is COc1ccc(CCN(CCCN(C)C[C@H]2Cc3cc(OC)c(OC)cc32)C(=O)C=O)cc1OC. The van der Waals surface area contributed by atoms with Gasteiger partial charge in [-0.15, -0.1) is 0 Å².